The molecule has 0 saturated carbocycles. The minimum Gasteiger partial charge on any atom is -0.497 e. The van der Waals surface area contributed by atoms with Crippen LogP contribution in [-0.2, 0) is 20.8 Å². The van der Waals surface area contributed by atoms with E-state index in [1.54, 1.807) is 7.11 Å². The van der Waals surface area contributed by atoms with Gasteiger partial charge in [-0.05, 0) is 57.2 Å². The van der Waals surface area contributed by atoms with Gasteiger partial charge in [0.2, 0.25) is 0 Å². The first-order valence-corrected chi connectivity index (χ1v) is 13.5. The van der Waals surface area contributed by atoms with Crippen molar-refractivity contribution >= 4 is 0 Å². The van der Waals surface area contributed by atoms with Gasteiger partial charge in [-0.15, -0.1) is 11.8 Å². The fourth-order valence-electron chi connectivity index (χ4n) is 4.50. The average molecular weight is 473 g/mol. The molecule has 1 aliphatic heterocycles. The van der Waals surface area contributed by atoms with Crippen LogP contribution >= 0.6 is 0 Å². The van der Waals surface area contributed by atoms with Crippen LogP contribution in [0.1, 0.15) is 110 Å². The van der Waals surface area contributed by atoms with Crippen molar-refractivity contribution in [3.05, 3.63) is 29.8 Å². The van der Waals surface area contributed by atoms with E-state index >= 15 is 0 Å². The van der Waals surface area contributed by atoms with Gasteiger partial charge in [0.05, 0.1) is 25.9 Å². The van der Waals surface area contributed by atoms with Crippen LogP contribution in [0.15, 0.2) is 24.3 Å². The lowest BCUT2D eigenvalue weighted by atomic mass is 9.99. The molecule has 0 spiro atoms. The molecule has 1 aliphatic rings. The largest absolute Gasteiger partial charge is 0.497 e. The molecule has 4 heteroatoms. The zero-order chi connectivity index (χ0) is 24.7. The molecule has 0 bridgehead atoms. The minimum absolute atomic E-state index is 0.0153. The van der Waals surface area contributed by atoms with Crippen molar-refractivity contribution in [1.29, 1.82) is 0 Å². The number of hydrogen-bond acceptors (Lipinski definition) is 4. The van der Waals surface area contributed by atoms with Gasteiger partial charge in [-0.3, -0.25) is 0 Å². The highest BCUT2D eigenvalue weighted by atomic mass is 16.8. The first-order valence-electron chi connectivity index (χ1n) is 13.5. The van der Waals surface area contributed by atoms with E-state index in [9.17, 15) is 0 Å². The molecule has 0 unspecified atom stereocenters. The van der Waals surface area contributed by atoms with Gasteiger partial charge >= 0.3 is 0 Å². The maximum atomic E-state index is 6.31. The molecule has 1 aromatic rings. The van der Waals surface area contributed by atoms with Gasteiger partial charge in [-0.1, -0.05) is 64.5 Å². The molecule has 1 heterocycles. The van der Waals surface area contributed by atoms with E-state index in [4.69, 9.17) is 18.9 Å². The predicted molar refractivity (Wildman–Crippen MR) is 140 cm³/mol. The molecule has 0 aliphatic carbocycles. The number of benzene rings is 1. The summed E-state index contributed by atoms with van der Waals surface area (Å²) in [6, 6.07) is 8.05. The van der Waals surface area contributed by atoms with E-state index in [0.29, 0.717) is 6.61 Å². The van der Waals surface area contributed by atoms with E-state index in [2.05, 4.69) is 37.8 Å². The summed E-state index contributed by atoms with van der Waals surface area (Å²) in [4.78, 5) is 0. The first-order chi connectivity index (χ1) is 16.5. The Kier molecular flexibility index (Phi) is 13.7. The second kappa shape index (κ2) is 16.2. The molecule has 34 heavy (non-hydrogen) atoms. The minimum atomic E-state index is -0.557. The third kappa shape index (κ3) is 10.8. The van der Waals surface area contributed by atoms with Gasteiger partial charge in [-0.2, -0.15) is 0 Å². The highest BCUT2D eigenvalue weighted by Crippen LogP contribution is 2.34. The van der Waals surface area contributed by atoms with Crippen LogP contribution < -0.4 is 4.74 Å². The Morgan fingerprint density at radius 3 is 2.15 bits per heavy atom. The van der Waals surface area contributed by atoms with Gasteiger partial charge in [0.25, 0.3) is 0 Å². The van der Waals surface area contributed by atoms with Crippen LogP contribution in [0.5, 0.6) is 5.75 Å². The Hall–Kier alpha value is -1.54. The summed E-state index contributed by atoms with van der Waals surface area (Å²) >= 11 is 0. The number of unbranched alkanes of at least 4 members (excludes halogenated alkanes) is 8. The SMILES string of the molecule is CCCCCCC#CCCCCCC[C@@H]1OC(C)(C)O[C@H]1[C@@H](CC)OCc1ccc(OC)cc1. The Balaban J connectivity index is 1.70. The highest BCUT2D eigenvalue weighted by Gasteiger charge is 2.44. The predicted octanol–water partition coefficient (Wildman–Crippen LogP) is 7.82. The summed E-state index contributed by atoms with van der Waals surface area (Å²) in [5.41, 5.74) is 1.14. The smallest absolute Gasteiger partial charge is 0.163 e. The van der Waals surface area contributed by atoms with Crippen molar-refractivity contribution < 1.29 is 18.9 Å². The lowest BCUT2D eigenvalue weighted by Gasteiger charge is -2.26. The van der Waals surface area contributed by atoms with Crippen molar-refractivity contribution in [2.24, 2.45) is 0 Å². The number of methoxy groups -OCH3 is 1. The third-order valence-corrected chi connectivity index (χ3v) is 6.43. The van der Waals surface area contributed by atoms with E-state index in [1.807, 2.05) is 26.0 Å². The fraction of sp³-hybridized carbons (Fsp3) is 0.733. The maximum Gasteiger partial charge on any atom is 0.163 e. The van der Waals surface area contributed by atoms with Gasteiger partial charge in [0.1, 0.15) is 11.9 Å². The summed E-state index contributed by atoms with van der Waals surface area (Å²) < 4.78 is 24.2. The van der Waals surface area contributed by atoms with Gasteiger partial charge in [-0.25, -0.2) is 0 Å². The van der Waals surface area contributed by atoms with E-state index in [0.717, 1.165) is 43.4 Å². The zero-order valence-electron chi connectivity index (χ0n) is 22.4. The van der Waals surface area contributed by atoms with Crippen LogP contribution in [0.25, 0.3) is 0 Å². The quantitative estimate of drug-likeness (QED) is 0.181. The number of hydrogen-bond donors (Lipinski definition) is 0. The summed E-state index contributed by atoms with van der Waals surface area (Å²) in [7, 11) is 1.68. The van der Waals surface area contributed by atoms with Crippen molar-refractivity contribution in [1.82, 2.24) is 0 Å². The van der Waals surface area contributed by atoms with Crippen molar-refractivity contribution in [2.75, 3.05) is 7.11 Å². The first kappa shape index (κ1) is 28.7. The Morgan fingerprint density at radius 2 is 1.53 bits per heavy atom. The van der Waals surface area contributed by atoms with Crippen LogP contribution in [-0.4, -0.2) is 31.2 Å². The molecular formula is C30H48O4. The molecule has 0 amide bonds. The molecule has 1 saturated heterocycles. The summed E-state index contributed by atoms with van der Waals surface area (Å²) in [6.07, 6.45) is 14.1. The molecule has 0 radical (unpaired) electrons. The Bertz CT molecular complexity index is 716. The van der Waals surface area contributed by atoms with Crippen molar-refractivity contribution in [3.8, 4) is 17.6 Å². The monoisotopic (exact) mass is 472 g/mol. The van der Waals surface area contributed by atoms with Crippen LogP contribution in [0.2, 0.25) is 0 Å². The molecule has 3 atom stereocenters. The van der Waals surface area contributed by atoms with Crippen molar-refractivity contribution in [3.63, 3.8) is 0 Å². The third-order valence-electron chi connectivity index (χ3n) is 6.43. The molecule has 4 nitrogen and oxygen atoms in total. The molecule has 0 N–H and O–H groups in total. The normalized spacial score (nSPS) is 20.0. The second-order valence-corrected chi connectivity index (χ2v) is 9.86. The van der Waals surface area contributed by atoms with Gasteiger partial charge in [0.15, 0.2) is 5.79 Å². The number of rotatable bonds is 16. The molecule has 1 aromatic carbocycles. The highest BCUT2D eigenvalue weighted by molar-refractivity contribution is 5.26. The number of ether oxygens (including phenoxy) is 4. The Morgan fingerprint density at radius 1 is 0.882 bits per heavy atom. The maximum absolute atomic E-state index is 6.31. The van der Waals surface area contributed by atoms with Crippen LogP contribution in [0.4, 0.5) is 0 Å². The van der Waals surface area contributed by atoms with E-state index < -0.39 is 5.79 Å². The van der Waals surface area contributed by atoms with Gasteiger partial charge < -0.3 is 18.9 Å². The van der Waals surface area contributed by atoms with Crippen molar-refractivity contribution in [2.45, 2.75) is 135 Å². The fourth-order valence-corrected chi connectivity index (χ4v) is 4.50. The molecule has 0 aromatic heterocycles. The summed E-state index contributed by atoms with van der Waals surface area (Å²) in [5, 5.41) is 0. The van der Waals surface area contributed by atoms with Crippen LogP contribution in [0.3, 0.4) is 0 Å². The Labute approximate surface area is 209 Å². The average Bonchev–Trinajstić information content (AvgIpc) is 3.14. The van der Waals surface area contributed by atoms with E-state index in [-0.39, 0.29) is 18.3 Å². The second-order valence-electron chi connectivity index (χ2n) is 9.86. The van der Waals surface area contributed by atoms with Crippen LogP contribution in [0, 0.1) is 11.8 Å². The van der Waals surface area contributed by atoms with E-state index in [1.165, 1.54) is 44.9 Å². The molecular weight excluding hydrogens is 424 g/mol. The molecule has 2 rings (SSSR count). The molecule has 192 valence electrons. The lowest BCUT2D eigenvalue weighted by Crippen LogP contribution is -2.37. The zero-order valence-corrected chi connectivity index (χ0v) is 22.4. The van der Waals surface area contributed by atoms with Gasteiger partial charge in [0, 0.05) is 12.8 Å². The summed E-state index contributed by atoms with van der Waals surface area (Å²) in [6.45, 7) is 9.00. The summed E-state index contributed by atoms with van der Waals surface area (Å²) in [5.74, 6) is 6.99. The topological polar surface area (TPSA) is 36.9 Å². The standard InChI is InChI=1S/C30H48O4/c1-6-8-9-10-11-12-13-14-15-16-17-18-19-28-29(34-30(3,4)33-28)27(7-2)32-24-25-20-22-26(31-5)23-21-25/h20-23,27-29H,6-11,14-19,24H2,1-5H3/t27-,28+,29+/m1/s1. The molecule has 1 fully saturated rings. The lowest BCUT2D eigenvalue weighted by molar-refractivity contribution is -0.160.